The van der Waals surface area contributed by atoms with E-state index in [1.54, 1.807) is 5.57 Å². The summed E-state index contributed by atoms with van der Waals surface area (Å²) in [6.45, 7) is 19.2. The van der Waals surface area contributed by atoms with Crippen LogP contribution in [-0.4, -0.2) is 64.2 Å². The van der Waals surface area contributed by atoms with Crippen LogP contribution in [-0.2, 0) is 14.2 Å². The van der Waals surface area contributed by atoms with Gasteiger partial charge in [-0.25, -0.2) is 0 Å². The van der Waals surface area contributed by atoms with Gasteiger partial charge < -0.3 is 19.1 Å². The van der Waals surface area contributed by atoms with Gasteiger partial charge in [0.05, 0.1) is 25.4 Å². The minimum atomic E-state index is 0.354. The molecule has 0 N–H and O–H groups in total. The predicted octanol–water partition coefficient (Wildman–Crippen LogP) is 11.5. The smallest absolute Gasteiger partial charge is 0.0644 e. The normalized spacial score (nSPS) is 33.0. The highest BCUT2D eigenvalue weighted by molar-refractivity contribution is 5.25. The summed E-state index contributed by atoms with van der Waals surface area (Å²) in [5.74, 6) is 5.51. The van der Waals surface area contributed by atoms with E-state index in [0.29, 0.717) is 23.0 Å². The Hall–Kier alpha value is -0.420. The van der Waals surface area contributed by atoms with Crippen LogP contribution < -0.4 is 0 Å². The molecule has 0 aliphatic heterocycles. The van der Waals surface area contributed by atoms with Crippen LogP contribution in [0.15, 0.2) is 11.6 Å². The summed E-state index contributed by atoms with van der Waals surface area (Å²) in [5, 5.41) is 0. The van der Waals surface area contributed by atoms with Crippen molar-refractivity contribution in [1.29, 1.82) is 0 Å². The Morgan fingerprint density at radius 2 is 1.46 bits per heavy atom. The Balaban J connectivity index is 1.09. The number of likely N-dealkylation sites (N-methyl/N-ethyl adjacent to an activating group) is 1. The molecule has 4 aliphatic carbocycles. The van der Waals surface area contributed by atoms with Gasteiger partial charge in [0.15, 0.2) is 0 Å². The first kappa shape index (κ1) is 40.4. The lowest BCUT2D eigenvalue weighted by molar-refractivity contribution is -0.0641. The van der Waals surface area contributed by atoms with Crippen LogP contribution in [0, 0.1) is 46.3 Å². The first-order valence-corrected chi connectivity index (χ1v) is 21.2. The summed E-state index contributed by atoms with van der Waals surface area (Å²) in [5.41, 5.74) is 2.81. The van der Waals surface area contributed by atoms with Gasteiger partial charge in [-0.1, -0.05) is 105 Å². The van der Waals surface area contributed by atoms with Gasteiger partial charge in [-0.3, -0.25) is 0 Å². The van der Waals surface area contributed by atoms with E-state index in [1.807, 2.05) is 0 Å². The fraction of sp³-hybridized carbons (Fsp3) is 0.955. The lowest BCUT2D eigenvalue weighted by Crippen LogP contribution is -2.51. The minimum absolute atomic E-state index is 0.354. The van der Waals surface area contributed by atoms with Gasteiger partial charge in [-0.2, -0.15) is 0 Å². The van der Waals surface area contributed by atoms with Crippen LogP contribution in [0.4, 0.5) is 0 Å². The highest BCUT2D eigenvalue weighted by atomic mass is 16.5. The molecule has 3 fully saturated rings. The zero-order chi connectivity index (χ0) is 34.6. The molecule has 4 aliphatic rings. The number of hydrogen-bond acceptors (Lipinski definition) is 4. The zero-order valence-corrected chi connectivity index (χ0v) is 33.3. The van der Waals surface area contributed by atoms with Gasteiger partial charge >= 0.3 is 0 Å². The lowest BCUT2D eigenvalue weighted by atomic mass is 9.47. The van der Waals surface area contributed by atoms with Gasteiger partial charge in [-0.05, 0) is 131 Å². The lowest BCUT2D eigenvalue weighted by Gasteiger charge is -2.58. The number of rotatable bonds is 23. The van der Waals surface area contributed by atoms with Crippen molar-refractivity contribution in [1.82, 2.24) is 4.90 Å². The third-order valence-corrected chi connectivity index (χ3v) is 14.3. The highest BCUT2D eigenvalue weighted by Gasteiger charge is 2.59. The number of ether oxygens (including phenoxy) is 3. The molecule has 4 nitrogen and oxygen atoms in total. The van der Waals surface area contributed by atoms with Crippen molar-refractivity contribution in [2.75, 3.05) is 47.1 Å². The SMILES string of the molecule is CCCCOC[C@@H](COCCCCCCCCO[C@H]1CC[C@@]2(C)C(=CCC3C2CC[C@@]2(C)C3CC[C@@H]2[C@H](C)CCCC(C)C)C1)N(C)C. The van der Waals surface area contributed by atoms with Crippen molar-refractivity contribution in [3.8, 4) is 0 Å². The summed E-state index contributed by atoms with van der Waals surface area (Å²) < 4.78 is 18.4. The second kappa shape index (κ2) is 20.0. The molecule has 48 heavy (non-hydrogen) atoms. The molecule has 0 spiro atoms. The first-order valence-electron chi connectivity index (χ1n) is 21.2. The second-order valence-electron chi connectivity index (χ2n) is 18.3. The van der Waals surface area contributed by atoms with E-state index in [0.717, 1.165) is 75.0 Å². The van der Waals surface area contributed by atoms with Gasteiger partial charge in [-0.15, -0.1) is 0 Å². The molecule has 4 rings (SSSR count). The fourth-order valence-electron chi connectivity index (χ4n) is 11.1. The quantitative estimate of drug-likeness (QED) is 0.0799. The Morgan fingerprint density at radius 3 is 2.15 bits per heavy atom. The molecule has 0 aromatic heterocycles. The van der Waals surface area contributed by atoms with E-state index in [-0.39, 0.29) is 0 Å². The largest absolute Gasteiger partial charge is 0.380 e. The second-order valence-corrected chi connectivity index (χ2v) is 18.3. The number of unbranched alkanes of at least 4 members (excludes halogenated alkanes) is 6. The minimum Gasteiger partial charge on any atom is -0.380 e. The third kappa shape index (κ3) is 10.8. The molecule has 3 saturated carbocycles. The molecule has 0 bridgehead atoms. The van der Waals surface area contributed by atoms with E-state index >= 15 is 0 Å². The number of allylic oxidation sites excluding steroid dienone is 1. The summed E-state index contributed by atoms with van der Waals surface area (Å²) in [7, 11) is 4.25. The van der Waals surface area contributed by atoms with Crippen molar-refractivity contribution in [2.45, 2.75) is 176 Å². The molecule has 9 atom stereocenters. The molecule has 0 heterocycles. The Morgan fingerprint density at radius 1 is 0.771 bits per heavy atom. The van der Waals surface area contributed by atoms with Crippen molar-refractivity contribution in [2.24, 2.45) is 46.3 Å². The standard InChI is InChI=1S/C44H81NO3/c1-9-10-28-46-32-37(45(7)8)33-47-29-15-13-11-12-14-16-30-48-38-24-26-43(5)36(31-38)20-21-39-41-23-22-40(35(4)19-17-18-34(2)3)44(41,6)27-25-42(39)43/h20,34-35,37-42H,9-19,21-33H2,1-8H3/t35-,37+,38+,39?,40-,41?,42?,43+,44-/m1/s1. The number of nitrogens with zero attached hydrogens (tertiary/aromatic N) is 1. The molecule has 0 aromatic carbocycles. The van der Waals surface area contributed by atoms with Crippen LogP contribution in [0.25, 0.3) is 0 Å². The average molecular weight is 672 g/mol. The van der Waals surface area contributed by atoms with Crippen molar-refractivity contribution >= 4 is 0 Å². The topological polar surface area (TPSA) is 30.9 Å². The van der Waals surface area contributed by atoms with E-state index < -0.39 is 0 Å². The van der Waals surface area contributed by atoms with Crippen LogP contribution in [0.2, 0.25) is 0 Å². The predicted molar refractivity (Wildman–Crippen MR) is 205 cm³/mol. The molecule has 4 heteroatoms. The molecule has 3 unspecified atom stereocenters. The van der Waals surface area contributed by atoms with Crippen LogP contribution in [0.5, 0.6) is 0 Å². The fourth-order valence-corrected chi connectivity index (χ4v) is 11.1. The molecule has 0 amide bonds. The van der Waals surface area contributed by atoms with Crippen LogP contribution >= 0.6 is 0 Å². The maximum Gasteiger partial charge on any atom is 0.0644 e. The maximum absolute atomic E-state index is 6.55. The molecule has 280 valence electrons. The van der Waals surface area contributed by atoms with E-state index in [9.17, 15) is 0 Å². The molecular weight excluding hydrogens is 590 g/mol. The molecule has 0 saturated heterocycles. The summed E-state index contributed by atoms with van der Waals surface area (Å²) in [4.78, 5) is 2.23. The van der Waals surface area contributed by atoms with Gasteiger partial charge in [0.1, 0.15) is 0 Å². The Labute approximate surface area is 299 Å². The average Bonchev–Trinajstić information content (AvgIpc) is 3.41. The van der Waals surface area contributed by atoms with E-state index in [2.05, 4.69) is 66.6 Å². The molecule has 0 radical (unpaired) electrons. The maximum atomic E-state index is 6.55. The van der Waals surface area contributed by atoms with Crippen molar-refractivity contribution in [3.63, 3.8) is 0 Å². The van der Waals surface area contributed by atoms with E-state index in [4.69, 9.17) is 14.2 Å². The van der Waals surface area contributed by atoms with Gasteiger partial charge in [0.2, 0.25) is 0 Å². The molecular formula is C44H81NO3. The Kier molecular flexibility index (Phi) is 16.8. The number of fused-ring (bicyclic) bond motifs is 5. The van der Waals surface area contributed by atoms with Crippen LogP contribution in [0.1, 0.15) is 164 Å². The number of hydrogen-bond donors (Lipinski definition) is 0. The van der Waals surface area contributed by atoms with Gasteiger partial charge in [0.25, 0.3) is 0 Å². The molecule has 0 aromatic rings. The summed E-state index contributed by atoms with van der Waals surface area (Å²) >= 11 is 0. The summed E-state index contributed by atoms with van der Waals surface area (Å²) in [6, 6.07) is 0.354. The monoisotopic (exact) mass is 672 g/mol. The summed E-state index contributed by atoms with van der Waals surface area (Å²) in [6.07, 6.45) is 28.6. The first-order chi connectivity index (χ1) is 23.1. The van der Waals surface area contributed by atoms with Gasteiger partial charge in [0, 0.05) is 19.8 Å². The van der Waals surface area contributed by atoms with Crippen molar-refractivity contribution in [3.05, 3.63) is 11.6 Å². The van der Waals surface area contributed by atoms with E-state index in [1.165, 1.54) is 116 Å². The zero-order valence-electron chi connectivity index (χ0n) is 33.3. The van der Waals surface area contributed by atoms with Crippen LogP contribution in [0.3, 0.4) is 0 Å². The van der Waals surface area contributed by atoms with Crippen molar-refractivity contribution < 1.29 is 14.2 Å². The third-order valence-electron chi connectivity index (χ3n) is 14.3. The Bertz CT molecular complexity index is 932. The highest BCUT2D eigenvalue weighted by Crippen LogP contribution is 2.67.